The van der Waals surface area contributed by atoms with Gasteiger partial charge in [-0.25, -0.2) is 14.4 Å². The number of methoxy groups -OCH3 is 1. The van der Waals surface area contributed by atoms with Crippen LogP contribution in [0.3, 0.4) is 0 Å². The maximum Gasteiger partial charge on any atom is 0.261 e. The van der Waals surface area contributed by atoms with Crippen molar-refractivity contribution in [2.45, 2.75) is 13.0 Å². The molecule has 160 valence electrons. The van der Waals surface area contributed by atoms with Gasteiger partial charge in [0.15, 0.2) is 5.13 Å². The topological polar surface area (TPSA) is 60.2 Å². The number of imidazole rings is 1. The van der Waals surface area contributed by atoms with Gasteiger partial charge in [0.1, 0.15) is 17.1 Å². The molecule has 10 heteroatoms. The van der Waals surface area contributed by atoms with Crippen molar-refractivity contribution in [2.75, 3.05) is 18.6 Å². The Hall–Kier alpha value is -2.68. The molecule has 0 atom stereocenters. The first-order valence-corrected chi connectivity index (χ1v) is 10.9. The molecule has 1 amide bonds. The Morgan fingerprint density at radius 3 is 2.81 bits per heavy atom. The molecule has 0 saturated heterocycles. The third-order valence-electron chi connectivity index (χ3n) is 4.66. The number of hydrogen-bond donors (Lipinski definition) is 0. The summed E-state index contributed by atoms with van der Waals surface area (Å²) in [6.07, 6.45) is 5.90. The quantitative estimate of drug-likeness (QED) is 0.342. The predicted octanol–water partition coefficient (Wildman–Crippen LogP) is 5.68. The zero-order valence-corrected chi connectivity index (χ0v) is 18.7. The van der Waals surface area contributed by atoms with Crippen LogP contribution in [0.1, 0.15) is 16.8 Å². The number of carbonyl (C=O) groups is 1. The molecule has 0 N–H and O–H groups in total. The fourth-order valence-electron chi connectivity index (χ4n) is 3.14. The highest BCUT2D eigenvalue weighted by molar-refractivity contribution is 7.23. The Morgan fingerprint density at radius 2 is 2.10 bits per heavy atom. The highest BCUT2D eigenvalue weighted by Gasteiger charge is 2.24. The highest BCUT2D eigenvalue weighted by Crippen LogP contribution is 2.39. The minimum Gasteiger partial charge on any atom is -0.494 e. The van der Waals surface area contributed by atoms with Crippen molar-refractivity contribution in [3.8, 4) is 5.75 Å². The van der Waals surface area contributed by atoms with Crippen LogP contribution in [-0.4, -0.2) is 34.1 Å². The molecule has 6 nitrogen and oxygen atoms in total. The van der Waals surface area contributed by atoms with Crippen molar-refractivity contribution in [3.05, 3.63) is 70.5 Å². The molecular formula is C21H17Cl2FN4O2S. The number of halogens is 3. The monoisotopic (exact) mass is 478 g/mol. The molecule has 0 aliphatic heterocycles. The normalized spacial score (nSPS) is 11.1. The average molecular weight is 479 g/mol. The van der Waals surface area contributed by atoms with Gasteiger partial charge in [-0.2, -0.15) is 0 Å². The van der Waals surface area contributed by atoms with E-state index in [9.17, 15) is 9.18 Å². The van der Waals surface area contributed by atoms with Crippen molar-refractivity contribution in [1.29, 1.82) is 0 Å². The number of rotatable bonds is 7. The fourth-order valence-corrected chi connectivity index (χ4v) is 4.67. The molecule has 0 spiro atoms. The lowest BCUT2D eigenvalue weighted by atomic mass is 10.2. The number of nitrogens with zero attached hydrogens (tertiary/aromatic N) is 4. The van der Waals surface area contributed by atoms with E-state index in [0.29, 0.717) is 45.6 Å². The fraction of sp³-hybridized carbons (Fsp3) is 0.190. The van der Waals surface area contributed by atoms with Crippen LogP contribution in [0, 0.1) is 5.82 Å². The average Bonchev–Trinajstić information content (AvgIpc) is 3.42. The van der Waals surface area contributed by atoms with Crippen molar-refractivity contribution in [2.24, 2.45) is 0 Å². The van der Waals surface area contributed by atoms with E-state index in [2.05, 4.69) is 9.97 Å². The Balaban J connectivity index is 1.71. The smallest absolute Gasteiger partial charge is 0.261 e. The summed E-state index contributed by atoms with van der Waals surface area (Å²) in [5.41, 5.74) is 0.774. The van der Waals surface area contributed by atoms with Crippen molar-refractivity contribution in [1.82, 2.24) is 14.5 Å². The summed E-state index contributed by atoms with van der Waals surface area (Å²) < 4.78 is 21.5. The second kappa shape index (κ2) is 9.21. The molecule has 31 heavy (non-hydrogen) atoms. The molecule has 2 aromatic heterocycles. The van der Waals surface area contributed by atoms with Gasteiger partial charge >= 0.3 is 0 Å². The second-order valence-corrected chi connectivity index (χ2v) is 8.45. The zero-order chi connectivity index (χ0) is 22.0. The molecule has 0 bridgehead atoms. The number of carbonyl (C=O) groups excluding carboxylic acids is 1. The maximum atomic E-state index is 13.5. The van der Waals surface area contributed by atoms with Gasteiger partial charge in [0.05, 0.1) is 33.7 Å². The maximum absolute atomic E-state index is 13.5. The van der Waals surface area contributed by atoms with Crippen LogP contribution in [0.25, 0.3) is 10.2 Å². The Labute approximate surface area is 191 Å². The first-order chi connectivity index (χ1) is 15.0. The lowest BCUT2D eigenvalue weighted by molar-refractivity contribution is 0.0986. The molecule has 4 aromatic rings. The lowest BCUT2D eigenvalue weighted by Gasteiger charge is -2.20. The zero-order valence-electron chi connectivity index (χ0n) is 16.4. The van der Waals surface area contributed by atoms with Crippen LogP contribution >= 0.6 is 34.5 Å². The van der Waals surface area contributed by atoms with E-state index in [4.69, 9.17) is 27.9 Å². The van der Waals surface area contributed by atoms with Crippen molar-refractivity contribution in [3.63, 3.8) is 0 Å². The van der Waals surface area contributed by atoms with E-state index in [0.717, 1.165) is 6.07 Å². The van der Waals surface area contributed by atoms with Crippen molar-refractivity contribution >= 4 is 55.8 Å². The van der Waals surface area contributed by atoms with Gasteiger partial charge in [-0.05, 0) is 36.8 Å². The van der Waals surface area contributed by atoms with E-state index in [1.165, 1.54) is 28.4 Å². The SMILES string of the molecule is COc1ccc(Cl)c2sc(N(CCCn3ccnc3)C(=O)c3ccc(F)cc3Cl)nc12. The number of thiazole rings is 1. The summed E-state index contributed by atoms with van der Waals surface area (Å²) in [5.74, 6) is -0.318. The number of benzene rings is 2. The van der Waals surface area contributed by atoms with Gasteiger partial charge in [0.25, 0.3) is 5.91 Å². The minimum atomic E-state index is -0.510. The van der Waals surface area contributed by atoms with Crippen LogP contribution < -0.4 is 9.64 Å². The van der Waals surface area contributed by atoms with E-state index in [1.807, 2.05) is 10.8 Å². The molecular weight excluding hydrogens is 462 g/mol. The third-order valence-corrected chi connectivity index (χ3v) is 6.51. The number of aryl methyl sites for hydroxylation is 1. The van der Waals surface area contributed by atoms with Crippen LogP contribution in [-0.2, 0) is 6.54 Å². The number of hydrogen-bond acceptors (Lipinski definition) is 5. The minimum absolute atomic E-state index is 0.0429. The first kappa shape index (κ1) is 21.5. The standard InChI is InChI=1S/C21H17Cl2FN4O2S/c1-30-17-6-5-15(22)19-18(17)26-21(31-19)28(9-2-8-27-10-7-25-12-27)20(29)14-4-3-13(24)11-16(14)23/h3-7,10-12H,2,8-9H2,1H3. The molecule has 0 unspecified atom stereocenters. The first-order valence-electron chi connectivity index (χ1n) is 9.33. The summed E-state index contributed by atoms with van der Waals surface area (Å²) in [7, 11) is 1.55. The van der Waals surface area contributed by atoms with E-state index in [1.54, 1.807) is 31.8 Å². The van der Waals surface area contributed by atoms with E-state index in [-0.39, 0.29) is 16.5 Å². The summed E-state index contributed by atoms with van der Waals surface area (Å²) in [6, 6.07) is 7.17. The molecule has 4 rings (SSSR count). The van der Waals surface area contributed by atoms with E-state index >= 15 is 0 Å². The number of fused-ring (bicyclic) bond motifs is 1. The number of amides is 1. The summed E-state index contributed by atoms with van der Waals surface area (Å²) in [5, 5.41) is 1.02. The van der Waals surface area contributed by atoms with Crippen LogP contribution in [0.15, 0.2) is 49.1 Å². The molecule has 0 aliphatic carbocycles. The summed E-state index contributed by atoms with van der Waals surface area (Å²) in [4.78, 5) is 23.6. The number of aromatic nitrogens is 3. The Bertz CT molecular complexity index is 1230. The third kappa shape index (κ3) is 4.51. The van der Waals surface area contributed by atoms with Gasteiger partial charge in [-0.15, -0.1) is 0 Å². The van der Waals surface area contributed by atoms with Crippen LogP contribution in [0.5, 0.6) is 5.75 Å². The largest absolute Gasteiger partial charge is 0.494 e. The predicted molar refractivity (Wildman–Crippen MR) is 121 cm³/mol. The van der Waals surface area contributed by atoms with Gasteiger partial charge in [0.2, 0.25) is 0 Å². The molecule has 2 heterocycles. The van der Waals surface area contributed by atoms with Gasteiger partial charge < -0.3 is 9.30 Å². The van der Waals surface area contributed by atoms with Gasteiger partial charge in [-0.3, -0.25) is 9.69 Å². The van der Waals surface area contributed by atoms with Crippen LogP contribution in [0.2, 0.25) is 10.0 Å². The Kier molecular flexibility index (Phi) is 6.41. The lowest BCUT2D eigenvalue weighted by Crippen LogP contribution is -2.32. The number of ether oxygens (including phenoxy) is 1. The molecule has 0 fully saturated rings. The van der Waals surface area contributed by atoms with Crippen LogP contribution in [0.4, 0.5) is 9.52 Å². The summed E-state index contributed by atoms with van der Waals surface area (Å²) >= 11 is 13.8. The van der Waals surface area contributed by atoms with Crippen molar-refractivity contribution < 1.29 is 13.9 Å². The molecule has 0 aliphatic rings. The molecule has 0 saturated carbocycles. The Morgan fingerprint density at radius 1 is 1.26 bits per heavy atom. The highest BCUT2D eigenvalue weighted by atomic mass is 35.5. The number of anilines is 1. The summed E-state index contributed by atoms with van der Waals surface area (Å²) in [6.45, 7) is 1.03. The van der Waals surface area contributed by atoms with E-state index < -0.39 is 5.82 Å². The van der Waals surface area contributed by atoms with Gasteiger partial charge in [-0.1, -0.05) is 34.5 Å². The van der Waals surface area contributed by atoms with Gasteiger partial charge in [0, 0.05) is 25.5 Å². The molecule has 2 aromatic carbocycles. The second-order valence-electron chi connectivity index (χ2n) is 6.66. The molecule has 0 radical (unpaired) electrons.